The SMILES string of the molecule is CCC1(C)CC(C(=O)c2ccc(Cl)cc2)CC[N]1. The Morgan fingerprint density at radius 3 is 2.72 bits per heavy atom. The third-order valence-electron chi connectivity index (χ3n) is 3.92. The van der Waals surface area contributed by atoms with E-state index in [1.807, 2.05) is 12.1 Å². The van der Waals surface area contributed by atoms with Gasteiger partial charge in [-0.2, -0.15) is 0 Å². The van der Waals surface area contributed by atoms with E-state index in [9.17, 15) is 4.79 Å². The Bertz CT molecular complexity index is 429. The smallest absolute Gasteiger partial charge is 0.166 e. The molecule has 0 spiro atoms. The predicted molar refractivity (Wildman–Crippen MR) is 74.2 cm³/mol. The minimum Gasteiger partial charge on any atom is -0.294 e. The highest BCUT2D eigenvalue weighted by Crippen LogP contribution is 2.30. The van der Waals surface area contributed by atoms with Gasteiger partial charge in [-0.25, -0.2) is 5.32 Å². The number of piperidine rings is 1. The minimum absolute atomic E-state index is 0.0228. The van der Waals surface area contributed by atoms with Crippen LogP contribution in [0.1, 0.15) is 43.5 Å². The summed E-state index contributed by atoms with van der Waals surface area (Å²) < 4.78 is 0. The molecule has 0 bridgehead atoms. The fourth-order valence-electron chi connectivity index (χ4n) is 2.52. The molecular weight excluding hydrogens is 246 g/mol. The first-order valence-electron chi connectivity index (χ1n) is 6.52. The van der Waals surface area contributed by atoms with E-state index in [1.54, 1.807) is 12.1 Å². The molecule has 1 fully saturated rings. The Labute approximate surface area is 114 Å². The summed E-state index contributed by atoms with van der Waals surface area (Å²) in [6.45, 7) is 5.08. The van der Waals surface area contributed by atoms with Gasteiger partial charge in [0.2, 0.25) is 0 Å². The van der Waals surface area contributed by atoms with Crippen LogP contribution in [-0.4, -0.2) is 17.9 Å². The summed E-state index contributed by atoms with van der Waals surface area (Å²) in [6.07, 6.45) is 2.74. The van der Waals surface area contributed by atoms with Crippen molar-refractivity contribution in [1.82, 2.24) is 5.32 Å². The van der Waals surface area contributed by atoms with Gasteiger partial charge in [0.15, 0.2) is 5.78 Å². The highest BCUT2D eigenvalue weighted by Gasteiger charge is 2.34. The Morgan fingerprint density at radius 1 is 1.44 bits per heavy atom. The number of Topliss-reactive ketones (excluding diaryl/α,β-unsaturated/α-hetero) is 1. The maximum atomic E-state index is 12.4. The van der Waals surface area contributed by atoms with Gasteiger partial charge < -0.3 is 0 Å². The number of ketones is 1. The second-order valence-corrected chi connectivity index (χ2v) is 5.73. The van der Waals surface area contributed by atoms with Gasteiger partial charge in [0.05, 0.1) is 0 Å². The normalized spacial score (nSPS) is 28.1. The molecule has 0 aliphatic carbocycles. The zero-order valence-electron chi connectivity index (χ0n) is 10.9. The van der Waals surface area contributed by atoms with Gasteiger partial charge in [-0.1, -0.05) is 18.5 Å². The van der Waals surface area contributed by atoms with Gasteiger partial charge >= 0.3 is 0 Å². The number of halogens is 1. The van der Waals surface area contributed by atoms with Gasteiger partial charge in [-0.15, -0.1) is 0 Å². The second kappa shape index (κ2) is 5.41. The Balaban J connectivity index is 2.11. The van der Waals surface area contributed by atoms with Crippen molar-refractivity contribution in [2.75, 3.05) is 6.54 Å². The van der Waals surface area contributed by atoms with E-state index >= 15 is 0 Å². The molecule has 1 heterocycles. The fraction of sp³-hybridized carbons (Fsp3) is 0.533. The zero-order chi connectivity index (χ0) is 13.2. The van der Waals surface area contributed by atoms with Crippen molar-refractivity contribution >= 4 is 17.4 Å². The Hall–Kier alpha value is -0.860. The van der Waals surface area contributed by atoms with Crippen LogP contribution in [0.2, 0.25) is 5.02 Å². The monoisotopic (exact) mass is 264 g/mol. The molecule has 1 aromatic carbocycles. The molecule has 0 aromatic heterocycles. The average Bonchev–Trinajstić information content (AvgIpc) is 2.39. The minimum atomic E-state index is -0.0228. The van der Waals surface area contributed by atoms with Crippen molar-refractivity contribution in [2.45, 2.75) is 38.6 Å². The van der Waals surface area contributed by atoms with Crippen molar-refractivity contribution in [3.8, 4) is 0 Å². The topological polar surface area (TPSA) is 31.2 Å². The maximum Gasteiger partial charge on any atom is 0.166 e. The fourth-order valence-corrected chi connectivity index (χ4v) is 2.64. The molecule has 0 amide bonds. The van der Waals surface area contributed by atoms with Crippen LogP contribution in [0.4, 0.5) is 0 Å². The molecule has 1 radical (unpaired) electrons. The molecule has 1 aliphatic heterocycles. The molecule has 1 saturated heterocycles. The number of hydrogen-bond acceptors (Lipinski definition) is 1. The zero-order valence-corrected chi connectivity index (χ0v) is 11.7. The Kier molecular flexibility index (Phi) is 4.08. The number of benzene rings is 1. The predicted octanol–water partition coefficient (Wildman–Crippen LogP) is 3.71. The van der Waals surface area contributed by atoms with Crippen molar-refractivity contribution < 1.29 is 4.79 Å². The lowest BCUT2D eigenvalue weighted by Gasteiger charge is -2.36. The van der Waals surface area contributed by atoms with E-state index in [0.717, 1.165) is 31.4 Å². The number of hydrogen-bond donors (Lipinski definition) is 0. The number of carbonyl (C=O) groups excluding carboxylic acids is 1. The lowest BCUT2D eigenvalue weighted by Crippen LogP contribution is -2.45. The average molecular weight is 265 g/mol. The molecule has 1 aromatic rings. The molecule has 2 unspecified atom stereocenters. The van der Waals surface area contributed by atoms with Gasteiger partial charge in [-0.05, 0) is 50.5 Å². The van der Waals surface area contributed by atoms with E-state index < -0.39 is 0 Å². The Morgan fingerprint density at radius 2 is 2.11 bits per heavy atom. The first kappa shape index (κ1) is 13.6. The van der Waals surface area contributed by atoms with Gasteiger partial charge in [0.25, 0.3) is 0 Å². The molecule has 0 saturated carbocycles. The standard InChI is InChI=1S/C15H19ClNO/c1-3-15(2)10-12(8-9-17-15)14(18)11-4-6-13(16)7-5-11/h4-7,12H,3,8-10H2,1-2H3. The van der Waals surface area contributed by atoms with Crippen molar-refractivity contribution in [3.05, 3.63) is 34.9 Å². The first-order chi connectivity index (χ1) is 8.54. The van der Waals surface area contributed by atoms with Crippen LogP contribution in [0.25, 0.3) is 0 Å². The van der Waals surface area contributed by atoms with Crippen LogP contribution >= 0.6 is 11.6 Å². The van der Waals surface area contributed by atoms with Crippen molar-refractivity contribution in [2.24, 2.45) is 5.92 Å². The van der Waals surface area contributed by atoms with Gasteiger partial charge in [0, 0.05) is 28.6 Å². The lowest BCUT2D eigenvalue weighted by atomic mass is 9.78. The van der Waals surface area contributed by atoms with Crippen LogP contribution in [0, 0.1) is 5.92 Å². The number of rotatable bonds is 3. The van der Waals surface area contributed by atoms with Crippen LogP contribution in [0.15, 0.2) is 24.3 Å². The third kappa shape index (κ3) is 2.93. The third-order valence-corrected chi connectivity index (χ3v) is 4.17. The van der Waals surface area contributed by atoms with E-state index in [4.69, 9.17) is 11.6 Å². The molecule has 18 heavy (non-hydrogen) atoms. The molecule has 97 valence electrons. The number of carbonyl (C=O) groups is 1. The van der Waals surface area contributed by atoms with Crippen molar-refractivity contribution in [1.29, 1.82) is 0 Å². The molecule has 0 N–H and O–H groups in total. The van der Waals surface area contributed by atoms with Crippen LogP contribution < -0.4 is 5.32 Å². The van der Waals surface area contributed by atoms with E-state index in [2.05, 4.69) is 19.2 Å². The quantitative estimate of drug-likeness (QED) is 0.766. The second-order valence-electron chi connectivity index (χ2n) is 5.29. The lowest BCUT2D eigenvalue weighted by molar-refractivity contribution is 0.0835. The van der Waals surface area contributed by atoms with E-state index in [0.29, 0.717) is 5.02 Å². The maximum absolute atomic E-state index is 12.4. The largest absolute Gasteiger partial charge is 0.294 e. The van der Waals surface area contributed by atoms with E-state index in [1.165, 1.54) is 0 Å². The summed E-state index contributed by atoms with van der Waals surface area (Å²) in [7, 11) is 0. The molecule has 1 aliphatic rings. The van der Waals surface area contributed by atoms with Gasteiger partial charge in [-0.3, -0.25) is 4.79 Å². The molecule has 2 nitrogen and oxygen atoms in total. The summed E-state index contributed by atoms with van der Waals surface area (Å²) in [5, 5.41) is 5.32. The molecule has 2 atom stereocenters. The van der Waals surface area contributed by atoms with Crippen LogP contribution in [0.3, 0.4) is 0 Å². The summed E-state index contributed by atoms with van der Waals surface area (Å²) in [5.74, 6) is 0.342. The summed E-state index contributed by atoms with van der Waals surface area (Å²) in [5.41, 5.74) is 0.745. The van der Waals surface area contributed by atoms with Gasteiger partial charge in [0.1, 0.15) is 0 Å². The molecule has 2 rings (SSSR count). The van der Waals surface area contributed by atoms with Crippen molar-refractivity contribution in [3.63, 3.8) is 0 Å². The summed E-state index contributed by atoms with van der Waals surface area (Å²) in [4.78, 5) is 12.4. The van der Waals surface area contributed by atoms with Crippen LogP contribution in [-0.2, 0) is 0 Å². The summed E-state index contributed by atoms with van der Waals surface area (Å²) in [6, 6.07) is 7.20. The van der Waals surface area contributed by atoms with Crippen LogP contribution in [0.5, 0.6) is 0 Å². The highest BCUT2D eigenvalue weighted by atomic mass is 35.5. The highest BCUT2D eigenvalue weighted by molar-refractivity contribution is 6.30. The summed E-state index contributed by atoms with van der Waals surface area (Å²) >= 11 is 5.84. The molecule has 3 heteroatoms. The van der Waals surface area contributed by atoms with E-state index in [-0.39, 0.29) is 17.2 Å². The molecular formula is C15H19ClNO. The first-order valence-corrected chi connectivity index (χ1v) is 6.90. The number of nitrogens with zero attached hydrogens (tertiary/aromatic N) is 1.